The normalized spacial score (nSPS) is 11.4. The van der Waals surface area contributed by atoms with E-state index in [0.29, 0.717) is 10.6 Å². The molecule has 0 spiro atoms. The molecule has 0 unspecified atom stereocenters. The Labute approximate surface area is 134 Å². The molecule has 2 aromatic rings. The summed E-state index contributed by atoms with van der Waals surface area (Å²) in [5, 5.41) is 0.580. The number of sulfonamides is 1. The molecule has 116 valence electrons. The Bertz CT molecular complexity index is 802. The van der Waals surface area contributed by atoms with E-state index < -0.39 is 15.9 Å². The summed E-state index contributed by atoms with van der Waals surface area (Å²) in [6.45, 7) is 1.82. The van der Waals surface area contributed by atoms with Crippen LogP contribution >= 0.6 is 11.6 Å². The number of hydrogen-bond acceptors (Lipinski definition) is 3. The van der Waals surface area contributed by atoms with Crippen molar-refractivity contribution in [3.63, 3.8) is 0 Å². The van der Waals surface area contributed by atoms with Crippen molar-refractivity contribution < 1.29 is 13.2 Å². The fourth-order valence-corrected chi connectivity index (χ4v) is 3.07. The standard InChI is InChI=1S/C15H15ClN2O3S/c1-10-2-7-13(8-14(10)15(17)19)22(20,21)18-9-11-3-5-12(16)6-4-11/h2-8,18H,9H2,1H3,(H2,17,19). The van der Waals surface area contributed by atoms with Gasteiger partial charge in [-0.2, -0.15) is 0 Å². The molecule has 2 aromatic carbocycles. The molecule has 0 atom stereocenters. The van der Waals surface area contributed by atoms with E-state index in [-0.39, 0.29) is 17.0 Å². The van der Waals surface area contributed by atoms with Gasteiger partial charge in [-0.3, -0.25) is 4.79 Å². The lowest BCUT2D eigenvalue weighted by Crippen LogP contribution is -2.24. The first kappa shape index (κ1) is 16.5. The van der Waals surface area contributed by atoms with Crippen molar-refractivity contribution >= 4 is 27.5 Å². The summed E-state index contributed by atoms with van der Waals surface area (Å²) >= 11 is 5.78. The monoisotopic (exact) mass is 338 g/mol. The zero-order chi connectivity index (χ0) is 16.3. The molecule has 0 aliphatic carbocycles. The maximum atomic E-state index is 12.3. The highest BCUT2D eigenvalue weighted by atomic mass is 35.5. The van der Waals surface area contributed by atoms with E-state index in [0.717, 1.165) is 5.56 Å². The van der Waals surface area contributed by atoms with Crippen molar-refractivity contribution in [3.8, 4) is 0 Å². The number of primary amides is 1. The molecule has 0 saturated heterocycles. The lowest BCUT2D eigenvalue weighted by atomic mass is 10.1. The summed E-state index contributed by atoms with van der Waals surface area (Å²) in [6, 6.07) is 11.1. The first-order chi connectivity index (χ1) is 10.3. The number of halogens is 1. The van der Waals surface area contributed by atoms with Crippen LogP contribution < -0.4 is 10.5 Å². The molecule has 0 aliphatic rings. The van der Waals surface area contributed by atoms with Gasteiger partial charge in [-0.05, 0) is 42.3 Å². The van der Waals surface area contributed by atoms with E-state index in [2.05, 4.69) is 4.72 Å². The molecule has 0 heterocycles. The summed E-state index contributed by atoms with van der Waals surface area (Å²) < 4.78 is 27.0. The van der Waals surface area contributed by atoms with E-state index in [4.69, 9.17) is 17.3 Å². The second-order valence-corrected chi connectivity index (χ2v) is 7.00. The summed E-state index contributed by atoms with van der Waals surface area (Å²) in [5.74, 6) is -0.660. The summed E-state index contributed by atoms with van der Waals surface area (Å²) in [6.07, 6.45) is 0. The minimum Gasteiger partial charge on any atom is -0.366 e. The number of hydrogen-bond donors (Lipinski definition) is 2. The minimum atomic E-state index is -3.73. The van der Waals surface area contributed by atoms with Crippen LogP contribution in [0.5, 0.6) is 0 Å². The Morgan fingerprint density at radius 3 is 2.41 bits per heavy atom. The van der Waals surface area contributed by atoms with Crippen molar-refractivity contribution in [1.82, 2.24) is 4.72 Å². The zero-order valence-corrected chi connectivity index (χ0v) is 13.4. The van der Waals surface area contributed by atoms with Crippen LogP contribution in [-0.4, -0.2) is 14.3 Å². The Morgan fingerprint density at radius 2 is 1.82 bits per heavy atom. The van der Waals surface area contributed by atoms with Crippen LogP contribution in [0.4, 0.5) is 0 Å². The first-order valence-electron chi connectivity index (χ1n) is 6.44. The van der Waals surface area contributed by atoms with Crippen molar-refractivity contribution in [2.45, 2.75) is 18.4 Å². The number of carbonyl (C=O) groups is 1. The zero-order valence-electron chi connectivity index (χ0n) is 11.8. The van der Waals surface area contributed by atoms with Gasteiger partial charge in [-0.15, -0.1) is 0 Å². The van der Waals surface area contributed by atoms with E-state index >= 15 is 0 Å². The van der Waals surface area contributed by atoms with Crippen molar-refractivity contribution in [1.29, 1.82) is 0 Å². The molecule has 1 amide bonds. The molecule has 2 rings (SSSR count). The maximum absolute atomic E-state index is 12.3. The molecule has 7 heteroatoms. The molecular weight excluding hydrogens is 324 g/mol. The van der Waals surface area contributed by atoms with Crippen molar-refractivity contribution in [2.24, 2.45) is 5.73 Å². The van der Waals surface area contributed by atoms with Gasteiger partial charge in [-0.1, -0.05) is 29.8 Å². The second-order valence-electron chi connectivity index (χ2n) is 4.79. The van der Waals surface area contributed by atoms with Gasteiger partial charge in [0.15, 0.2) is 0 Å². The van der Waals surface area contributed by atoms with Crippen LogP contribution in [0, 0.1) is 6.92 Å². The average Bonchev–Trinajstić information content (AvgIpc) is 2.46. The van der Waals surface area contributed by atoms with Gasteiger partial charge in [0.1, 0.15) is 0 Å². The number of benzene rings is 2. The molecule has 22 heavy (non-hydrogen) atoms. The smallest absolute Gasteiger partial charge is 0.249 e. The largest absolute Gasteiger partial charge is 0.366 e. The Morgan fingerprint density at radius 1 is 1.18 bits per heavy atom. The average molecular weight is 339 g/mol. The van der Waals surface area contributed by atoms with E-state index in [9.17, 15) is 13.2 Å². The molecule has 0 saturated carbocycles. The van der Waals surface area contributed by atoms with Gasteiger partial charge in [-0.25, -0.2) is 13.1 Å². The summed E-state index contributed by atoms with van der Waals surface area (Å²) in [5.41, 5.74) is 6.83. The SMILES string of the molecule is Cc1ccc(S(=O)(=O)NCc2ccc(Cl)cc2)cc1C(N)=O. The van der Waals surface area contributed by atoms with Crippen molar-refractivity contribution in [3.05, 3.63) is 64.2 Å². The molecule has 5 nitrogen and oxygen atoms in total. The number of rotatable bonds is 5. The van der Waals surface area contributed by atoms with Crippen LogP contribution in [0.25, 0.3) is 0 Å². The number of aryl methyl sites for hydroxylation is 1. The molecule has 0 radical (unpaired) electrons. The van der Waals surface area contributed by atoms with E-state index in [1.807, 2.05) is 0 Å². The van der Waals surface area contributed by atoms with Crippen molar-refractivity contribution in [2.75, 3.05) is 0 Å². The predicted molar refractivity (Wildman–Crippen MR) is 85.2 cm³/mol. The minimum absolute atomic E-state index is 0.000800. The Kier molecular flexibility index (Phi) is 4.85. The quantitative estimate of drug-likeness (QED) is 0.876. The van der Waals surface area contributed by atoms with Gasteiger partial charge >= 0.3 is 0 Å². The summed E-state index contributed by atoms with van der Waals surface area (Å²) in [7, 11) is -3.73. The second kappa shape index (κ2) is 6.48. The first-order valence-corrected chi connectivity index (χ1v) is 8.30. The molecular formula is C15H15ClN2O3S. The Balaban J connectivity index is 2.21. The van der Waals surface area contributed by atoms with Crippen LogP contribution in [0.15, 0.2) is 47.4 Å². The van der Waals surface area contributed by atoms with Crippen LogP contribution in [0.1, 0.15) is 21.5 Å². The maximum Gasteiger partial charge on any atom is 0.249 e. The molecule has 0 aliphatic heterocycles. The van der Waals surface area contributed by atoms with Crippen LogP contribution in [-0.2, 0) is 16.6 Å². The molecule has 0 fully saturated rings. The third-order valence-corrected chi connectivity index (χ3v) is 4.82. The molecule has 0 aromatic heterocycles. The fraction of sp³-hybridized carbons (Fsp3) is 0.133. The van der Waals surface area contributed by atoms with Gasteiger partial charge < -0.3 is 5.73 Å². The lowest BCUT2D eigenvalue weighted by Gasteiger charge is -2.09. The molecule has 0 bridgehead atoms. The molecule has 3 N–H and O–H groups in total. The highest BCUT2D eigenvalue weighted by Crippen LogP contribution is 2.16. The van der Waals surface area contributed by atoms with Gasteiger partial charge in [0.2, 0.25) is 15.9 Å². The number of carbonyl (C=O) groups excluding carboxylic acids is 1. The fourth-order valence-electron chi connectivity index (χ4n) is 1.90. The van der Waals surface area contributed by atoms with E-state index in [1.165, 1.54) is 12.1 Å². The number of nitrogens with one attached hydrogen (secondary N) is 1. The van der Waals surface area contributed by atoms with Gasteiger partial charge in [0.05, 0.1) is 4.90 Å². The highest BCUT2D eigenvalue weighted by Gasteiger charge is 2.16. The topological polar surface area (TPSA) is 89.3 Å². The Hall–Kier alpha value is -1.89. The van der Waals surface area contributed by atoms with E-state index in [1.54, 1.807) is 37.3 Å². The number of nitrogens with two attached hydrogens (primary N) is 1. The van der Waals surface area contributed by atoms with Crippen LogP contribution in [0.2, 0.25) is 5.02 Å². The van der Waals surface area contributed by atoms with Crippen LogP contribution in [0.3, 0.4) is 0 Å². The number of amides is 1. The highest BCUT2D eigenvalue weighted by molar-refractivity contribution is 7.89. The third-order valence-electron chi connectivity index (χ3n) is 3.16. The lowest BCUT2D eigenvalue weighted by molar-refractivity contribution is 0.0999. The summed E-state index contributed by atoms with van der Waals surface area (Å²) in [4.78, 5) is 11.3. The predicted octanol–water partition coefficient (Wildman–Crippen LogP) is 2.23. The third kappa shape index (κ3) is 3.85. The van der Waals surface area contributed by atoms with Gasteiger partial charge in [0, 0.05) is 17.1 Å². The van der Waals surface area contributed by atoms with Gasteiger partial charge in [0.25, 0.3) is 0 Å².